The highest BCUT2D eigenvalue weighted by atomic mass is 19.2. The number of allylic oxidation sites excluding steroid dienone is 1. The van der Waals surface area contributed by atoms with Crippen molar-refractivity contribution < 1.29 is 27.8 Å². The van der Waals surface area contributed by atoms with E-state index >= 15 is 0 Å². The molecule has 6 heteroatoms. The normalized spacial score (nSPS) is 21.2. The Labute approximate surface area is 133 Å². The van der Waals surface area contributed by atoms with Gasteiger partial charge in [-0.05, 0) is 44.7 Å². The van der Waals surface area contributed by atoms with Crippen LogP contribution in [0.2, 0.25) is 0 Å². The molecule has 0 bridgehead atoms. The second-order valence-corrected chi connectivity index (χ2v) is 5.41. The molecular weight excluding hydrogens is 306 g/mol. The molecule has 4 nitrogen and oxygen atoms in total. The Balaban J connectivity index is 1.83. The zero-order chi connectivity index (χ0) is 16.8. The van der Waals surface area contributed by atoms with Gasteiger partial charge in [-0.2, -0.15) is 0 Å². The van der Waals surface area contributed by atoms with Gasteiger partial charge < -0.3 is 9.47 Å². The Kier molecular flexibility index (Phi) is 5.84. The molecule has 1 aromatic rings. The fourth-order valence-corrected chi connectivity index (χ4v) is 2.50. The van der Waals surface area contributed by atoms with Crippen molar-refractivity contribution in [1.82, 2.24) is 0 Å². The van der Waals surface area contributed by atoms with Crippen LogP contribution >= 0.6 is 0 Å². The highest BCUT2D eigenvalue weighted by Crippen LogP contribution is 2.28. The number of carbonyl (C=O) groups excluding carboxylic acids is 2. The van der Waals surface area contributed by atoms with Gasteiger partial charge in [-0.3, -0.25) is 4.79 Å². The fourth-order valence-electron chi connectivity index (χ4n) is 2.50. The molecule has 1 saturated carbocycles. The number of rotatable bonds is 4. The third-order valence-corrected chi connectivity index (χ3v) is 3.70. The molecular formula is C17H18F2O4. The standard InChI is InChI=1S/C17H18F2O4/c1-2-3-16(20)22-12-6-4-11(5-7-12)17(21)23-13-8-9-14(18)15(19)10-13/h2-3,8-12H,4-7H2,1H3. The molecule has 0 amide bonds. The topological polar surface area (TPSA) is 52.6 Å². The Morgan fingerprint density at radius 2 is 1.83 bits per heavy atom. The van der Waals surface area contributed by atoms with Gasteiger partial charge in [0, 0.05) is 12.1 Å². The lowest BCUT2D eigenvalue weighted by atomic mass is 9.87. The van der Waals surface area contributed by atoms with Gasteiger partial charge in [0.25, 0.3) is 0 Å². The lowest BCUT2D eigenvalue weighted by Gasteiger charge is -2.26. The maximum atomic E-state index is 13.1. The summed E-state index contributed by atoms with van der Waals surface area (Å²) in [4.78, 5) is 23.4. The van der Waals surface area contributed by atoms with E-state index in [1.165, 1.54) is 12.1 Å². The van der Waals surface area contributed by atoms with Gasteiger partial charge in [-0.15, -0.1) is 0 Å². The minimum absolute atomic E-state index is 0.0180. The quantitative estimate of drug-likeness (QED) is 0.483. The fraction of sp³-hybridized carbons (Fsp3) is 0.412. The Morgan fingerprint density at radius 3 is 2.43 bits per heavy atom. The van der Waals surface area contributed by atoms with Crippen LogP contribution in [-0.4, -0.2) is 18.0 Å². The van der Waals surface area contributed by atoms with Crippen LogP contribution < -0.4 is 4.74 Å². The van der Waals surface area contributed by atoms with Crippen LogP contribution in [0.15, 0.2) is 30.4 Å². The summed E-state index contributed by atoms with van der Waals surface area (Å²) in [6.07, 6.45) is 4.94. The number of benzene rings is 1. The Bertz CT molecular complexity index is 605. The van der Waals surface area contributed by atoms with E-state index in [-0.39, 0.29) is 23.7 Å². The zero-order valence-electron chi connectivity index (χ0n) is 12.8. The van der Waals surface area contributed by atoms with Crippen LogP contribution in [0.4, 0.5) is 8.78 Å². The van der Waals surface area contributed by atoms with Crippen molar-refractivity contribution in [2.45, 2.75) is 38.7 Å². The zero-order valence-corrected chi connectivity index (χ0v) is 12.8. The molecule has 1 fully saturated rings. The molecule has 0 radical (unpaired) electrons. The van der Waals surface area contributed by atoms with Gasteiger partial charge in [-0.25, -0.2) is 13.6 Å². The molecule has 0 N–H and O–H groups in total. The molecule has 0 spiro atoms. The minimum Gasteiger partial charge on any atom is -0.459 e. The van der Waals surface area contributed by atoms with Crippen molar-refractivity contribution >= 4 is 11.9 Å². The van der Waals surface area contributed by atoms with Crippen LogP contribution in [-0.2, 0) is 14.3 Å². The average Bonchev–Trinajstić information content (AvgIpc) is 2.52. The molecule has 0 unspecified atom stereocenters. The predicted molar refractivity (Wildman–Crippen MR) is 78.6 cm³/mol. The number of hydrogen-bond donors (Lipinski definition) is 0. The van der Waals surface area contributed by atoms with Crippen molar-refractivity contribution in [3.8, 4) is 5.75 Å². The highest BCUT2D eigenvalue weighted by molar-refractivity contribution is 5.82. The maximum absolute atomic E-state index is 13.1. The molecule has 0 aliphatic heterocycles. The average molecular weight is 324 g/mol. The van der Waals surface area contributed by atoms with E-state index in [2.05, 4.69) is 0 Å². The first-order valence-corrected chi connectivity index (χ1v) is 7.49. The molecule has 124 valence electrons. The number of esters is 2. The lowest BCUT2D eigenvalue weighted by Crippen LogP contribution is -2.29. The first-order chi connectivity index (χ1) is 11.0. The smallest absolute Gasteiger partial charge is 0.330 e. The maximum Gasteiger partial charge on any atom is 0.330 e. The van der Waals surface area contributed by atoms with Crippen molar-refractivity contribution in [3.05, 3.63) is 42.0 Å². The number of carbonyl (C=O) groups is 2. The third kappa shape index (κ3) is 4.87. The van der Waals surface area contributed by atoms with E-state index in [1.54, 1.807) is 13.0 Å². The van der Waals surface area contributed by atoms with Crippen LogP contribution in [0, 0.1) is 17.6 Å². The summed E-state index contributed by atoms with van der Waals surface area (Å²) >= 11 is 0. The van der Waals surface area contributed by atoms with E-state index in [1.807, 2.05) is 0 Å². The molecule has 1 aliphatic carbocycles. The van der Waals surface area contributed by atoms with E-state index in [0.29, 0.717) is 25.7 Å². The van der Waals surface area contributed by atoms with Crippen molar-refractivity contribution in [2.24, 2.45) is 5.92 Å². The van der Waals surface area contributed by atoms with Gasteiger partial charge in [0.1, 0.15) is 11.9 Å². The summed E-state index contributed by atoms with van der Waals surface area (Å²) in [5.74, 6) is -3.27. The SMILES string of the molecule is CC=CC(=O)OC1CCC(C(=O)Oc2ccc(F)c(F)c2)CC1. The molecule has 0 atom stereocenters. The minimum atomic E-state index is -1.06. The molecule has 23 heavy (non-hydrogen) atoms. The van der Waals surface area contributed by atoms with E-state index < -0.39 is 17.6 Å². The van der Waals surface area contributed by atoms with Crippen LogP contribution in [0.25, 0.3) is 0 Å². The largest absolute Gasteiger partial charge is 0.459 e. The second kappa shape index (κ2) is 7.85. The molecule has 2 rings (SSSR count). The first-order valence-electron chi connectivity index (χ1n) is 7.49. The van der Waals surface area contributed by atoms with E-state index in [9.17, 15) is 18.4 Å². The third-order valence-electron chi connectivity index (χ3n) is 3.70. The molecule has 0 aromatic heterocycles. The van der Waals surface area contributed by atoms with Gasteiger partial charge in [-0.1, -0.05) is 6.08 Å². The number of ether oxygens (including phenoxy) is 2. The highest BCUT2D eigenvalue weighted by Gasteiger charge is 2.29. The second-order valence-electron chi connectivity index (χ2n) is 5.41. The molecule has 1 aromatic carbocycles. The molecule has 0 heterocycles. The Hall–Kier alpha value is -2.24. The van der Waals surface area contributed by atoms with Gasteiger partial charge >= 0.3 is 11.9 Å². The number of halogens is 2. The Morgan fingerprint density at radius 1 is 1.13 bits per heavy atom. The first kappa shape index (κ1) is 17.1. The summed E-state index contributed by atoms with van der Waals surface area (Å²) in [5.41, 5.74) is 0. The summed E-state index contributed by atoms with van der Waals surface area (Å²) in [7, 11) is 0. The molecule has 1 aliphatic rings. The monoisotopic (exact) mass is 324 g/mol. The van der Waals surface area contributed by atoms with Crippen LogP contribution in [0.3, 0.4) is 0 Å². The predicted octanol–water partition coefficient (Wildman–Crippen LogP) is 3.55. The van der Waals surface area contributed by atoms with Crippen LogP contribution in [0.1, 0.15) is 32.6 Å². The van der Waals surface area contributed by atoms with E-state index in [4.69, 9.17) is 9.47 Å². The lowest BCUT2D eigenvalue weighted by molar-refractivity contribution is -0.147. The summed E-state index contributed by atoms with van der Waals surface area (Å²) < 4.78 is 36.2. The van der Waals surface area contributed by atoms with Gasteiger partial charge in [0.2, 0.25) is 0 Å². The van der Waals surface area contributed by atoms with Crippen molar-refractivity contribution in [3.63, 3.8) is 0 Å². The van der Waals surface area contributed by atoms with Gasteiger partial charge in [0.15, 0.2) is 11.6 Å². The molecule has 0 saturated heterocycles. The summed E-state index contributed by atoms with van der Waals surface area (Å²) in [6, 6.07) is 2.97. The number of hydrogen-bond acceptors (Lipinski definition) is 4. The summed E-state index contributed by atoms with van der Waals surface area (Å²) in [5, 5.41) is 0. The van der Waals surface area contributed by atoms with Crippen LogP contribution in [0.5, 0.6) is 5.75 Å². The van der Waals surface area contributed by atoms with Gasteiger partial charge in [0.05, 0.1) is 5.92 Å². The van der Waals surface area contributed by atoms with Crippen molar-refractivity contribution in [1.29, 1.82) is 0 Å². The van der Waals surface area contributed by atoms with E-state index in [0.717, 1.165) is 12.1 Å². The summed E-state index contributed by atoms with van der Waals surface area (Å²) in [6.45, 7) is 1.73. The van der Waals surface area contributed by atoms with Crippen molar-refractivity contribution in [2.75, 3.05) is 0 Å².